The summed E-state index contributed by atoms with van der Waals surface area (Å²) in [6.07, 6.45) is 4.18. The van der Waals surface area contributed by atoms with Gasteiger partial charge in [-0.2, -0.15) is 0 Å². The van der Waals surface area contributed by atoms with E-state index < -0.39 is 0 Å². The van der Waals surface area contributed by atoms with Gasteiger partial charge in [-0.05, 0) is 55.5 Å². The summed E-state index contributed by atoms with van der Waals surface area (Å²) in [5, 5.41) is 1.76. The number of benzene rings is 3. The Hall–Kier alpha value is -3.18. The normalized spacial score (nSPS) is 16.5. The molecule has 0 unspecified atom stereocenters. The van der Waals surface area contributed by atoms with Gasteiger partial charge in [0.05, 0.1) is 0 Å². The maximum atomic E-state index is 13.0. The predicted molar refractivity (Wildman–Crippen MR) is 138 cm³/mol. The van der Waals surface area contributed by atoms with Gasteiger partial charge in [0.1, 0.15) is 0 Å². The molecular formula is C29H33N3O2. The first kappa shape index (κ1) is 22.6. The molecule has 1 saturated heterocycles. The van der Waals surface area contributed by atoms with Gasteiger partial charge in [0, 0.05) is 54.9 Å². The Bertz CT molecular complexity index is 1150. The lowest BCUT2D eigenvalue weighted by molar-refractivity contribution is 0.0607. The Labute approximate surface area is 202 Å². The van der Waals surface area contributed by atoms with E-state index in [2.05, 4.69) is 41.0 Å². The van der Waals surface area contributed by atoms with Crippen LogP contribution in [0.3, 0.4) is 0 Å². The number of carbonyl (C=O) groups excluding carboxylic acids is 2. The summed E-state index contributed by atoms with van der Waals surface area (Å²) < 4.78 is 0. The fourth-order valence-corrected chi connectivity index (χ4v) is 5.37. The van der Waals surface area contributed by atoms with E-state index in [0.29, 0.717) is 17.7 Å². The van der Waals surface area contributed by atoms with E-state index in [9.17, 15) is 9.59 Å². The van der Waals surface area contributed by atoms with Crippen LogP contribution in [0.15, 0.2) is 60.7 Å². The average molecular weight is 456 g/mol. The number of anilines is 1. The SMILES string of the molecule is Cc1ccccc1N1CCN(CCCCCCN2C(=O)c3cccc4cccc(c34)C2=O)CC1. The Morgan fingerprint density at radius 1 is 0.676 bits per heavy atom. The highest BCUT2D eigenvalue weighted by Crippen LogP contribution is 2.30. The molecule has 2 aliphatic heterocycles. The molecule has 5 rings (SSSR count). The van der Waals surface area contributed by atoms with Crippen molar-refractivity contribution >= 4 is 28.3 Å². The minimum Gasteiger partial charge on any atom is -0.369 e. The van der Waals surface area contributed by atoms with Gasteiger partial charge in [-0.15, -0.1) is 0 Å². The van der Waals surface area contributed by atoms with Crippen LogP contribution in [0.25, 0.3) is 10.8 Å². The monoisotopic (exact) mass is 455 g/mol. The van der Waals surface area contributed by atoms with Gasteiger partial charge in [0.2, 0.25) is 0 Å². The van der Waals surface area contributed by atoms with Gasteiger partial charge in [0.15, 0.2) is 0 Å². The average Bonchev–Trinajstić information content (AvgIpc) is 2.87. The molecule has 0 radical (unpaired) electrons. The van der Waals surface area contributed by atoms with Crippen LogP contribution >= 0.6 is 0 Å². The molecule has 0 N–H and O–H groups in total. The number of carbonyl (C=O) groups is 2. The molecule has 0 bridgehead atoms. The zero-order valence-electron chi connectivity index (χ0n) is 20.0. The molecule has 3 aromatic rings. The van der Waals surface area contributed by atoms with Gasteiger partial charge >= 0.3 is 0 Å². The van der Waals surface area contributed by atoms with Crippen LogP contribution in [0, 0.1) is 6.92 Å². The number of piperazine rings is 1. The van der Waals surface area contributed by atoms with Crippen molar-refractivity contribution in [2.75, 3.05) is 44.2 Å². The Balaban J connectivity index is 1.05. The van der Waals surface area contributed by atoms with Gasteiger partial charge in [0.25, 0.3) is 11.8 Å². The molecule has 5 nitrogen and oxygen atoms in total. The van der Waals surface area contributed by atoms with E-state index in [-0.39, 0.29) is 11.8 Å². The molecule has 0 saturated carbocycles. The van der Waals surface area contributed by atoms with E-state index in [0.717, 1.165) is 69.2 Å². The highest BCUT2D eigenvalue weighted by Gasteiger charge is 2.32. The second kappa shape index (κ2) is 9.98. The summed E-state index contributed by atoms with van der Waals surface area (Å²) in [7, 11) is 0. The van der Waals surface area contributed by atoms with Gasteiger partial charge < -0.3 is 4.90 Å². The molecule has 0 atom stereocenters. The maximum absolute atomic E-state index is 13.0. The predicted octanol–water partition coefficient (Wildman–Crippen LogP) is 5.13. The smallest absolute Gasteiger partial charge is 0.261 e. The van der Waals surface area contributed by atoms with Crippen molar-refractivity contribution in [2.24, 2.45) is 0 Å². The van der Waals surface area contributed by atoms with Crippen LogP contribution in [0.5, 0.6) is 0 Å². The summed E-state index contributed by atoms with van der Waals surface area (Å²) in [4.78, 5) is 32.5. The summed E-state index contributed by atoms with van der Waals surface area (Å²) in [6.45, 7) is 8.19. The number of amides is 2. The molecule has 0 aromatic heterocycles. The first-order chi connectivity index (χ1) is 16.6. The minimum absolute atomic E-state index is 0.152. The Morgan fingerprint density at radius 3 is 1.94 bits per heavy atom. The zero-order chi connectivity index (χ0) is 23.5. The van der Waals surface area contributed by atoms with E-state index in [1.54, 1.807) is 0 Å². The lowest BCUT2D eigenvalue weighted by Crippen LogP contribution is -2.46. The highest BCUT2D eigenvalue weighted by atomic mass is 16.2. The molecule has 176 valence electrons. The van der Waals surface area contributed by atoms with Crippen LogP contribution in [0.2, 0.25) is 0 Å². The van der Waals surface area contributed by atoms with Gasteiger partial charge in [-0.3, -0.25) is 19.4 Å². The first-order valence-electron chi connectivity index (χ1n) is 12.5. The molecular weight excluding hydrogens is 422 g/mol. The number of para-hydroxylation sites is 1. The molecule has 2 amide bonds. The van der Waals surface area contributed by atoms with Crippen molar-refractivity contribution in [3.8, 4) is 0 Å². The third-order valence-electron chi connectivity index (χ3n) is 7.29. The number of unbranched alkanes of at least 4 members (excludes halogenated alkanes) is 3. The first-order valence-corrected chi connectivity index (χ1v) is 12.5. The van der Waals surface area contributed by atoms with Crippen molar-refractivity contribution in [3.05, 3.63) is 77.4 Å². The standard InChI is InChI=1S/C29H33N3O2/c1-22-10-4-5-15-26(22)31-20-18-30(19-21-31)16-6-2-3-7-17-32-28(33)24-13-8-11-23-12-9-14-25(27(23)24)29(32)34/h4-5,8-15H,2-3,6-7,16-21H2,1H3. The second-order valence-corrected chi connectivity index (χ2v) is 9.50. The topological polar surface area (TPSA) is 43.9 Å². The largest absolute Gasteiger partial charge is 0.369 e. The van der Waals surface area contributed by atoms with Crippen LogP contribution in [-0.2, 0) is 0 Å². The van der Waals surface area contributed by atoms with Gasteiger partial charge in [-0.1, -0.05) is 55.3 Å². The van der Waals surface area contributed by atoms with Crippen molar-refractivity contribution in [2.45, 2.75) is 32.6 Å². The van der Waals surface area contributed by atoms with E-state index in [1.165, 1.54) is 16.2 Å². The quantitative estimate of drug-likeness (QED) is 0.349. The number of hydrogen-bond donors (Lipinski definition) is 0. The number of rotatable bonds is 8. The maximum Gasteiger partial charge on any atom is 0.261 e. The van der Waals surface area contributed by atoms with Crippen LogP contribution in [-0.4, -0.2) is 60.9 Å². The third kappa shape index (κ3) is 4.45. The van der Waals surface area contributed by atoms with Crippen molar-refractivity contribution < 1.29 is 9.59 Å². The second-order valence-electron chi connectivity index (χ2n) is 9.50. The van der Waals surface area contributed by atoms with Crippen molar-refractivity contribution in [1.82, 2.24) is 9.80 Å². The van der Waals surface area contributed by atoms with Crippen LogP contribution in [0.4, 0.5) is 5.69 Å². The summed E-state index contributed by atoms with van der Waals surface area (Å²) >= 11 is 0. The molecule has 1 fully saturated rings. The number of nitrogens with zero attached hydrogens (tertiary/aromatic N) is 3. The van der Waals surface area contributed by atoms with Crippen LogP contribution in [0.1, 0.15) is 52.0 Å². The number of hydrogen-bond acceptors (Lipinski definition) is 4. The fourth-order valence-electron chi connectivity index (χ4n) is 5.37. The Kier molecular flexibility index (Phi) is 6.63. The molecule has 0 aliphatic carbocycles. The van der Waals surface area contributed by atoms with Gasteiger partial charge in [-0.25, -0.2) is 0 Å². The Morgan fingerprint density at radius 2 is 1.29 bits per heavy atom. The van der Waals surface area contributed by atoms with Crippen LogP contribution < -0.4 is 4.90 Å². The zero-order valence-corrected chi connectivity index (χ0v) is 20.0. The fraction of sp³-hybridized carbons (Fsp3) is 0.379. The number of imide groups is 1. The van der Waals surface area contributed by atoms with Crippen molar-refractivity contribution in [3.63, 3.8) is 0 Å². The van der Waals surface area contributed by atoms with E-state index in [1.807, 2.05) is 36.4 Å². The summed E-state index contributed by atoms with van der Waals surface area (Å²) in [5.74, 6) is -0.304. The third-order valence-corrected chi connectivity index (χ3v) is 7.29. The highest BCUT2D eigenvalue weighted by molar-refractivity contribution is 6.25. The summed E-state index contributed by atoms with van der Waals surface area (Å²) in [6, 6.07) is 20.0. The number of aryl methyl sites for hydroxylation is 1. The molecule has 34 heavy (non-hydrogen) atoms. The molecule has 5 heteroatoms. The van der Waals surface area contributed by atoms with E-state index in [4.69, 9.17) is 0 Å². The summed E-state index contributed by atoms with van der Waals surface area (Å²) in [5.41, 5.74) is 4.01. The lowest BCUT2D eigenvalue weighted by Gasteiger charge is -2.36. The molecule has 3 aromatic carbocycles. The van der Waals surface area contributed by atoms with Crippen molar-refractivity contribution in [1.29, 1.82) is 0 Å². The molecule has 2 aliphatic rings. The lowest BCUT2D eigenvalue weighted by atomic mass is 9.94. The molecule has 0 spiro atoms. The van der Waals surface area contributed by atoms with E-state index >= 15 is 0 Å². The minimum atomic E-state index is -0.152. The molecule has 2 heterocycles.